The molecule has 0 bridgehead atoms. The molecule has 2 rings (SSSR count). The highest BCUT2D eigenvalue weighted by molar-refractivity contribution is 7.17. The predicted octanol–water partition coefficient (Wildman–Crippen LogP) is 1.98. The Morgan fingerprint density at radius 1 is 1.29 bits per heavy atom. The van der Waals surface area contributed by atoms with Gasteiger partial charge < -0.3 is 10.0 Å². The smallest absolute Gasteiger partial charge is 0.345 e. The van der Waals surface area contributed by atoms with E-state index in [1.165, 1.54) is 11.3 Å². The lowest BCUT2D eigenvalue weighted by molar-refractivity contribution is 0.0702. The number of anilines is 1. The first kappa shape index (κ1) is 12.4. The van der Waals surface area contributed by atoms with Crippen molar-refractivity contribution in [2.45, 2.75) is 19.9 Å². The average Bonchev–Trinajstić information content (AvgIpc) is 2.78. The summed E-state index contributed by atoms with van der Waals surface area (Å²) in [4.78, 5) is 16.0. The standard InChI is InChI=1S/C12H18N2O2S/c1-9(2)13-5-7-14(8-6-13)11-4-3-10(17-11)12(15)16/h3-4,9H,5-8H2,1-2H3,(H,15,16). The van der Waals surface area contributed by atoms with Gasteiger partial charge in [0, 0.05) is 32.2 Å². The first-order valence-electron chi connectivity index (χ1n) is 5.90. The maximum absolute atomic E-state index is 10.8. The first-order valence-corrected chi connectivity index (χ1v) is 6.71. The normalized spacial score (nSPS) is 17.7. The van der Waals surface area contributed by atoms with E-state index in [4.69, 9.17) is 5.11 Å². The van der Waals surface area contributed by atoms with Gasteiger partial charge >= 0.3 is 5.97 Å². The molecule has 0 aliphatic carbocycles. The van der Waals surface area contributed by atoms with Crippen LogP contribution in [0.15, 0.2) is 12.1 Å². The van der Waals surface area contributed by atoms with Crippen LogP contribution in [0.4, 0.5) is 5.00 Å². The monoisotopic (exact) mass is 254 g/mol. The Morgan fingerprint density at radius 3 is 2.41 bits per heavy atom. The van der Waals surface area contributed by atoms with Crippen LogP contribution in [0.3, 0.4) is 0 Å². The molecule has 94 valence electrons. The average molecular weight is 254 g/mol. The number of hydrogen-bond acceptors (Lipinski definition) is 4. The highest BCUT2D eigenvalue weighted by Gasteiger charge is 2.20. The number of nitrogens with zero attached hydrogens (tertiary/aromatic N) is 2. The minimum absolute atomic E-state index is 0.422. The highest BCUT2D eigenvalue weighted by atomic mass is 32.1. The molecular formula is C12H18N2O2S. The molecule has 1 aromatic heterocycles. The molecule has 17 heavy (non-hydrogen) atoms. The van der Waals surface area contributed by atoms with Crippen LogP contribution in [0, 0.1) is 0 Å². The second-order valence-corrected chi connectivity index (χ2v) is 5.62. The summed E-state index contributed by atoms with van der Waals surface area (Å²) in [5, 5.41) is 9.97. The van der Waals surface area contributed by atoms with Crippen LogP contribution in [0.1, 0.15) is 23.5 Å². The van der Waals surface area contributed by atoms with E-state index in [1.807, 2.05) is 6.07 Å². The van der Waals surface area contributed by atoms with Gasteiger partial charge in [-0.05, 0) is 26.0 Å². The quantitative estimate of drug-likeness (QED) is 0.895. The zero-order valence-corrected chi connectivity index (χ0v) is 11.0. The number of thiophene rings is 1. The molecule has 2 heterocycles. The summed E-state index contributed by atoms with van der Waals surface area (Å²) in [5.74, 6) is -0.831. The molecular weight excluding hydrogens is 236 g/mol. The lowest BCUT2D eigenvalue weighted by Gasteiger charge is -2.37. The van der Waals surface area contributed by atoms with E-state index in [0.29, 0.717) is 10.9 Å². The van der Waals surface area contributed by atoms with E-state index in [1.54, 1.807) is 6.07 Å². The third kappa shape index (κ3) is 2.79. The molecule has 1 aliphatic heterocycles. The zero-order chi connectivity index (χ0) is 12.4. The molecule has 1 N–H and O–H groups in total. The van der Waals surface area contributed by atoms with E-state index in [2.05, 4.69) is 23.6 Å². The van der Waals surface area contributed by atoms with E-state index in [-0.39, 0.29) is 0 Å². The Bertz CT molecular complexity index is 395. The predicted molar refractivity (Wildman–Crippen MR) is 70.2 cm³/mol. The molecule has 0 aromatic carbocycles. The highest BCUT2D eigenvalue weighted by Crippen LogP contribution is 2.27. The van der Waals surface area contributed by atoms with Crippen LogP contribution in [0.25, 0.3) is 0 Å². The van der Waals surface area contributed by atoms with Gasteiger partial charge in [-0.2, -0.15) is 0 Å². The molecule has 1 saturated heterocycles. The minimum atomic E-state index is -0.831. The van der Waals surface area contributed by atoms with Gasteiger partial charge in [-0.1, -0.05) is 0 Å². The lowest BCUT2D eigenvalue weighted by Crippen LogP contribution is -2.48. The van der Waals surface area contributed by atoms with Crippen molar-refractivity contribution in [3.05, 3.63) is 17.0 Å². The number of aromatic carboxylic acids is 1. The van der Waals surface area contributed by atoms with Crippen molar-refractivity contribution in [1.82, 2.24) is 4.90 Å². The molecule has 1 aliphatic rings. The molecule has 4 nitrogen and oxygen atoms in total. The van der Waals surface area contributed by atoms with Crippen molar-refractivity contribution in [2.24, 2.45) is 0 Å². The molecule has 0 amide bonds. The van der Waals surface area contributed by atoms with Crippen LogP contribution < -0.4 is 4.90 Å². The van der Waals surface area contributed by atoms with Gasteiger partial charge in [0.15, 0.2) is 0 Å². The van der Waals surface area contributed by atoms with Crippen molar-refractivity contribution in [3.8, 4) is 0 Å². The van der Waals surface area contributed by atoms with Gasteiger partial charge in [0.1, 0.15) is 4.88 Å². The summed E-state index contributed by atoms with van der Waals surface area (Å²) in [6, 6.07) is 4.20. The van der Waals surface area contributed by atoms with E-state index < -0.39 is 5.97 Å². The third-order valence-electron chi connectivity index (χ3n) is 3.16. The Labute approximate surface area is 105 Å². The zero-order valence-electron chi connectivity index (χ0n) is 10.2. The number of carbonyl (C=O) groups is 1. The van der Waals surface area contributed by atoms with Gasteiger partial charge in [0.25, 0.3) is 0 Å². The SMILES string of the molecule is CC(C)N1CCN(c2ccc(C(=O)O)s2)CC1. The van der Waals surface area contributed by atoms with Crippen LogP contribution in [0.2, 0.25) is 0 Å². The fraction of sp³-hybridized carbons (Fsp3) is 0.583. The van der Waals surface area contributed by atoms with Crippen LogP contribution in [-0.2, 0) is 0 Å². The molecule has 0 atom stereocenters. The van der Waals surface area contributed by atoms with Crippen molar-refractivity contribution < 1.29 is 9.90 Å². The van der Waals surface area contributed by atoms with Gasteiger partial charge in [-0.3, -0.25) is 4.90 Å². The van der Waals surface area contributed by atoms with Crippen molar-refractivity contribution in [1.29, 1.82) is 0 Å². The Kier molecular flexibility index (Phi) is 3.69. The van der Waals surface area contributed by atoms with E-state index in [9.17, 15) is 4.79 Å². The fourth-order valence-electron chi connectivity index (χ4n) is 2.07. The number of carboxylic acids is 1. The first-order chi connectivity index (χ1) is 8.08. The van der Waals surface area contributed by atoms with E-state index in [0.717, 1.165) is 31.2 Å². The maximum atomic E-state index is 10.8. The molecule has 0 saturated carbocycles. The topological polar surface area (TPSA) is 43.8 Å². The van der Waals surface area contributed by atoms with Gasteiger partial charge in [-0.15, -0.1) is 11.3 Å². The second-order valence-electron chi connectivity index (χ2n) is 4.56. The molecule has 0 spiro atoms. The van der Waals surface area contributed by atoms with Crippen molar-refractivity contribution >= 4 is 22.3 Å². The number of rotatable bonds is 3. The Hall–Kier alpha value is -1.07. The largest absolute Gasteiger partial charge is 0.477 e. The Balaban J connectivity index is 1.98. The van der Waals surface area contributed by atoms with Crippen LogP contribution >= 0.6 is 11.3 Å². The van der Waals surface area contributed by atoms with Gasteiger partial charge in [0.05, 0.1) is 5.00 Å². The summed E-state index contributed by atoms with van der Waals surface area (Å²) in [6.45, 7) is 8.50. The lowest BCUT2D eigenvalue weighted by atomic mass is 10.2. The molecule has 1 fully saturated rings. The summed E-state index contributed by atoms with van der Waals surface area (Å²) in [5.41, 5.74) is 0. The fourth-order valence-corrected chi connectivity index (χ4v) is 2.97. The summed E-state index contributed by atoms with van der Waals surface area (Å²) >= 11 is 1.36. The summed E-state index contributed by atoms with van der Waals surface area (Å²) in [6.07, 6.45) is 0. The second kappa shape index (κ2) is 5.06. The van der Waals surface area contributed by atoms with E-state index >= 15 is 0 Å². The minimum Gasteiger partial charge on any atom is -0.477 e. The molecule has 0 unspecified atom stereocenters. The molecule has 0 radical (unpaired) electrons. The number of piperazine rings is 1. The molecule has 1 aromatic rings. The van der Waals surface area contributed by atoms with Gasteiger partial charge in [-0.25, -0.2) is 4.79 Å². The van der Waals surface area contributed by atoms with Gasteiger partial charge in [0.2, 0.25) is 0 Å². The van der Waals surface area contributed by atoms with Crippen LogP contribution in [0.5, 0.6) is 0 Å². The molecule has 5 heteroatoms. The number of carboxylic acid groups (broad SMARTS) is 1. The van der Waals surface area contributed by atoms with Crippen molar-refractivity contribution in [3.63, 3.8) is 0 Å². The maximum Gasteiger partial charge on any atom is 0.345 e. The summed E-state index contributed by atoms with van der Waals surface area (Å²) < 4.78 is 0. The number of hydrogen-bond donors (Lipinski definition) is 1. The van der Waals surface area contributed by atoms with Crippen molar-refractivity contribution in [2.75, 3.05) is 31.1 Å². The van der Waals surface area contributed by atoms with Crippen LogP contribution in [-0.4, -0.2) is 48.2 Å². The Morgan fingerprint density at radius 2 is 1.94 bits per heavy atom. The summed E-state index contributed by atoms with van der Waals surface area (Å²) in [7, 11) is 0. The third-order valence-corrected chi connectivity index (χ3v) is 4.29.